The SMILES string of the molecule is CNC(=O)C=C1C=CCC(=Nc2ncc(F)c(Nc3ccc4c(c3)C(N)CCO4)n2)C1=O. The van der Waals surface area contributed by atoms with Crippen molar-refractivity contribution in [1.82, 2.24) is 15.3 Å². The maximum Gasteiger partial charge on any atom is 0.251 e. The van der Waals surface area contributed by atoms with Crippen LogP contribution in [0.2, 0.25) is 0 Å². The minimum atomic E-state index is -0.678. The molecule has 2 aromatic rings. The van der Waals surface area contributed by atoms with E-state index in [0.717, 1.165) is 11.8 Å². The molecule has 1 amide bonds. The number of halogens is 1. The quantitative estimate of drug-likeness (QED) is 0.627. The van der Waals surface area contributed by atoms with Gasteiger partial charge in [0.1, 0.15) is 5.75 Å². The number of Topliss-reactive ketones (excluding diaryl/α,β-unsaturated/α-hetero) is 1. The van der Waals surface area contributed by atoms with Gasteiger partial charge in [0.05, 0.1) is 18.5 Å². The number of nitrogens with zero attached hydrogens (tertiary/aromatic N) is 3. The van der Waals surface area contributed by atoms with Gasteiger partial charge in [-0.3, -0.25) is 9.59 Å². The van der Waals surface area contributed by atoms with E-state index in [1.807, 2.05) is 0 Å². The van der Waals surface area contributed by atoms with E-state index in [-0.39, 0.29) is 35.5 Å². The molecule has 1 aliphatic heterocycles. The Morgan fingerprint density at radius 3 is 3.06 bits per heavy atom. The molecule has 0 fully saturated rings. The molecule has 4 rings (SSSR count). The first-order valence-corrected chi connectivity index (χ1v) is 9.98. The highest BCUT2D eigenvalue weighted by molar-refractivity contribution is 6.48. The molecule has 2 heterocycles. The molecule has 0 radical (unpaired) electrons. The first-order valence-electron chi connectivity index (χ1n) is 9.98. The van der Waals surface area contributed by atoms with Crippen molar-refractivity contribution in [2.75, 3.05) is 19.0 Å². The Bertz CT molecular complexity index is 1170. The largest absolute Gasteiger partial charge is 0.493 e. The van der Waals surface area contributed by atoms with Crippen LogP contribution in [0.4, 0.5) is 21.8 Å². The number of nitrogens with one attached hydrogen (secondary N) is 2. The van der Waals surface area contributed by atoms with Crippen LogP contribution < -0.4 is 21.1 Å². The van der Waals surface area contributed by atoms with E-state index >= 15 is 0 Å². The Balaban J connectivity index is 1.59. The molecule has 10 heteroatoms. The zero-order valence-corrected chi connectivity index (χ0v) is 17.3. The molecule has 4 N–H and O–H groups in total. The lowest BCUT2D eigenvalue weighted by Gasteiger charge is -2.23. The zero-order valence-electron chi connectivity index (χ0n) is 17.3. The molecule has 0 saturated carbocycles. The molecule has 0 saturated heterocycles. The number of benzene rings is 1. The van der Waals surface area contributed by atoms with Gasteiger partial charge >= 0.3 is 0 Å². The Hall–Kier alpha value is -3.92. The van der Waals surface area contributed by atoms with Gasteiger partial charge in [0, 0.05) is 48.8 Å². The lowest BCUT2D eigenvalue weighted by Crippen LogP contribution is -2.22. The highest BCUT2D eigenvalue weighted by Gasteiger charge is 2.21. The number of nitrogens with two attached hydrogens (primary N) is 1. The third-order valence-corrected chi connectivity index (χ3v) is 4.99. The second-order valence-corrected chi connectivity index (χ2v) is 7.20. The van der Waals surface area contributed by atoms with E-state index in [1.54, 1.807) is 30.4 Å². The monoisotopic (exact) mass is 436 g/mol. The van der Waals surface area contributed by atoms with E-state index < -0.39 is 17.5 Å². The molecule has 1 aliphatic carbocycles. The summed E-state index contributed by atoms with van der Waals surface area (Å²) in [6.45, 7) is 0.555. The second kappa shape index (κ2) is 9.06. The molecule has 0 bridgehead atoms. The molecule has 1 unspecified atom stereocenters. The van der Waals surface area contributed by atoms with Crippen LogP contribution in [0.25, 0.3) is 0 Å². The average Bonchev–Trinajstić information content (AvgIpc) is 2.79. The van der Waals surface area contributed by atoms with E-state index in [0.29, 0.717) is 24.5 Å². The zero-order chi connectivity index (χ0) is 22.7. The Labute approximate surface area is 183 Å². The number of ether oxygens (including phenoxy) is 1. The minimum Gasteiger partial charge on any atom is -0.493 e. The standard InChI is InChI=1S/C22H21FN6O3/c1-25-19(30)9-12-3-2-4-17(20(12)31)28-22-26-11-15(23)21(29-22)27-13-5-6-18-14(10-13)16(24)7-8-32-18/h2-3,5-6,9-11,16H,4,7-8,24H2,1H3,(H,25,30)(H,26,27,29). The van der Waals surface area contributed by atoms with Crippen LogP contribution in [0, 0.1) is 5.82 Å². The normalized spacial score (nSPS) is 20.1. The third-order valence-electron chi connectivity index (χ3n) is 4.99. The summed E-state index contributed by atoms with van der Waals surface area (Å²) in [5, 5.41) is 5.33. The predicted molar refractivity (Wildman–Crippen MR) is 117 cm³/mol. The smallest absolute Gasteiger partial charge is 0.251 e. The number of aromatic nitrogens is 2. The lowest BCUT2D eigenvalue weighted by molar-refractivity contribution is -0.116. The molecule has 0 spiro atoms. The molecule has 164 valence electrons. The number of rotatable bonds is 4. The molecule has 1 atom stereocenters. The number of ketones is 1. The highest BCUT2D eigenvalue weighted by Crippen LogP contribution is 2.33. The van der Waals surface area contributed by atoms with Crippen LogP contribution in [-0.4, -0.2) is 41.0 Å². The van der Waals surface area contributed by atoms with E-state index in [1.165, 1.54) is 13.1 Å². The Morgan fingerprint density at radius 2 is 2.25 bits per heavy atom. The number of amides is 1. The van der Waals surface area contributed by atoms with Crippen molar-refractivity contribution in [1.29, 1.82) is 0 Å². The topological polar surface area (TPSA) is 132 Å². The fourth-order valence-electron chi connectivity index (χ4n) is 3.31. The molecule has 9 nitrogen and oxygen atoms in total. The number of carbonyl (C=O) groups excluding carboxylic acids is 2. The fraction of sp³-hybridized carbons (Fsp3) is 0.227. The van der Waals surface area contributed by atoms with Crippen LogP contribution in [0.3, 0.4) is 0 Å². The first-order chi connectivity index (χ1) is 15.4. The summed E-state index contributed by atoms with van der Waals surface area (Å²) in [5.74, 6) is -0.966. The van der Waals surface area contributed by atoms with Gasteiger partial charge in [-0.15, -0.1) is 0 Å². The van der Waals surface area contributed by atoms with Crippen molar-refractivity contribution in [2.45, 2.75) is 18.9 Å². The third kappa shape index (κ3) is 4.54. The maximum atomic E-state index is 14.4. The van der Waals surface area contributed by atoms with Crippen molar-refractivity contribution >= 4 is 34.9 Å². The molecule has 1 aromatic heterocycles. The predicted octanol–water partition coefficient (Wildman–Crippen LogP) is 2.42. The van der Waals surface area contributed by atoms with Crippen LogP contribution in [0.15, 0.2) is 53.2 Å². The average molecular weight is 436 g/mol. The number of carbonyl (C=O) groups is 2. The van der Waals surface area contributed by atoms with E-state index in [2.05, 4.69) is 25.6 Å². The molecular formula is C22H21FN6O3. The van der Waals surface area contributed by atoms with Gasteiger partial charge in [-0.1, -0.05) is 12.2 Å². The minimum absolute atomic E-state index is 0.0789. The van der Waals surface area contributed by atoms with Crippen LogP contribution >= 0.6 is 0 Å². The van der Waals surface area contributed by atoms with Gasteiger partial charge < -0.3 is 21.1 Å². The number of hydrogen-bond donors (Lipinski definition) is 3. The summed E-state index contributed by atoms with van der Waals surface area (Å²) in [7, 11) is 1.47. The molecule has 2 aliphatic rings. The summed E-state index contributed by atoms with van der Waals surface area (Å²) < 4.78 is 19.9. The fourth-order valence-corrected chi connectivity index (χ4v) is 3.31. The van der Waals surface area contributed by atoms with Crippen molar-refractivity contribution in [2.24, 2.45) is 10.7 Å². The van der Waals surface area contributed by atoms with Crippen molar-refractivity contribution in [3.8, 4) is 5.75 Å². The summed E-state index contributed by atoms with van der Waals surface area (Å²) in [4.78, 5) is 36.3. The van der Waals surface area contributed by atoms with E-state index in [4.69, 9.17) is 10.5 Å². The number of hydrogen-bond acceptors (Lipinski definition) is 8. The van der Waals surface area contributed by atoms with Gasteiger partial charge in [-0.25, -0.2) is 14.4 Å². The Morgan fingerprint density at radius 1 is 1.41 bits per heavy atom. The first kappa shape index (κ1) is 21.3. The summed E-state index contributed by atoms with van der Waals surface area (Å²) in [5.41, 5.74) is 7.89. The molecular weight excluding hydrogens is 415 g/mol. The van der Waals surface area contributed by atoms with Crippen molar-refractivity contribution < 1.29 is 18.7 Å². The summed E-state index contributed by atoms with van der Waals surface area (Å²) in [6.07, 6.45) is 6.37. The van der Waals surface area contributed by atoms with Gasteiger partial charge in [-0.05, 0) is 18.2 Å². The van der Waals surface area contributed by atoms with Crippen LogP contribution in [0.5, 0.6) is 5.75 Å². The number of fused-ring (bicyclic) bond motifs is 1. The number of anilines is 2. The summed E-state index contributed by atoms with van der Waals surface area (Å²) in [6, 6.07) is 5.12. The van der Waals surface area contributed by atoms with Crippen molar-refractivity contribution in [3.05, 3.63) is 59.6 Å². The molecule has 32 heavy (non-hydrogen) atoms. The van der Waals surface area contributed by atoms with Gasteiger partial charge in [-0.2, -0.15) is 4.98 Å². The van der Waals surface area contributed by atoms with Gasteiger partial charge in [0.2, 0.25) is 11.7 Å². The van der Waals surface area contributed by atoms with E-state index in [9.17, 15) is 14.0 Å². The van der Waals surface area contributed by atoms with Crippen LogP contribution in [0.1, 0.15) is 24.4 Å². The second-order valence-electron chi connectivity index (χ2n) is 7.20. The van der Waals surface area contributed by atoms with Gasteiger partial charge in [0.25, 0.3) is 5.95 Å². The number of likely N-dealkylation sites (N-methyl/N-ethyl adjacent to an activating group) is 1. The van der Waals surface area contributed by atoms with Crippen LogP contribution in [-0.2, 0) is 9.59 Å². The number of aliphatic imine (C=N–C) groups is 1. The maximum absolute atomic E-state index is 14.4. The number of allylic oxidation sites excluding steroid dienone is 3. The van der Waals surface area contributed by atoms with Crippen molar-refractivity contribution in [3.63, 3.8) is 0 Å². The molecule has 1 aromatic carbocycles. The highest BCUT2D eigenvalue weighted by atomic mass is 19.1. The van der Waals surface area contributed by atoms with Gasteiger partial charge in [0.15, 0.2) is 11.6 Å². The summed E-state index contributed by atoms with van der Waals surface area (Å²) >= 11 is 0. The lowest BCUT2D eigenvalue weighted by atomic mass is 9.98. The Kier molecular flexibility index (Phi) is 6.04.